The molecule has 4 heteroatoms. The molecule has 0 bridgehead atoms. The van der Waals surface area contributed by atoms with Crippen molar-refractivity contribution in [1.82, 2.24) is 0 Å². The maximum absolute atomic E-state index is 11.8. The van der Waals surface area contributed by atoms with Crippen LogP contribution >= 0.6 is 0 Å². The van der Waals surface area contributed by atoms with Gasteiger partial charge in [-0.25, -0.2) is 0 Å². The highest BCUT2D eigenvalue weighted by molar-refractivity contribution is 5.95. The van der Waals surface area contributed by atoms with Crippen molar-refractivity contribution in [3.05, 3.63) is 59.7 Å². The van der Waals surface area contributed by atoms with Crippen LogP contribution < -0.4 is 11.1 Å². The Hall–Kier alpha value is -2.33. The lowest BCUT2D eigenvalue weighted by molar-refractivity contribution is -0.121. The highest BCUT2D eigenvalue weighted by Gasteiger charge is 2.07. The number of hydrogen-bond donors (Lipinski definition) is 2. The summed E-state index contributed by atoms with van der Waals surface area (Å²) in [4.78, 5) is 11.8. The van der Waals surface area contributed by atoms with Crippen molar-refractivity contribution in [2.45, 2.75) is 13.5 Å². The lowest BCUT2D eigenvalue weighted by Gasteiger charge is -2.11. The molecule has 0 radical (unpaired) electrons. The second kappa shape index (κ2) is 6.73. The molecule has 3 N–H and O–H groups in total. The number of anilines is 2. The van der Waals surface area contributed by atoms with Crippen LogP contribution in [-0.2, 0) is 16.1 Å². The van der Waals surface area contributed by atoms with Crippen LogP contribution in [0.25, 0.3) is 0 Å². The van der Waals surface area contributed by atoms with Gasteiger partial charge in [0.25, 0.3) is 0 Å². The Morgan fingerprint density at radius 2 is 1.90 bits per heavy atom. The maximum Gasteiger partial charge on any atom is 0.250 e. The highest BCUT2D eigenvalue weighted by atomic mass is 16.5. The van der Waals surface area contributed by atoms with Gasteiger partial charge >= 0.3 is 0 Å². The molecule has 0 spiro atoms. The number of ether oxygens (including phenoxy) is 1. The molecule has 0 aliphatic heterocycles. The summed E-state index contributed by atoms with van der Waals surface area (Å²) in [6, 6.07) is 15.2. The Labute approximate surface area is 118 Å². The molecule has 0 aliphatic rings. The predicted molar refractivity (Wildman–Crippen MR) is 80.3 cm³/mol. The standard InChI is InChI=1S/C16H18N2O2/c1-12-6-5-9-14(17)16(12)18-15(19)11-20-10-13-7-3-2-4-8-13/h2-9H,10-11,17H2,1H3,(H,18,19). The number of rotatable bonds is 5. The molecule has 104 valence electrons. The fourth-order valence-electron chi connectivity index (χ4n) is 1.87. The summed E-state index contributed by atoms with van der Waals surface area (Å²) in [5.74, 6) is -0.207. The summed E-state index contributed by atoms with van der Waals surface area (Å²) in [5.41, 5.74) is 9.01. The zero-order chi connectivity index (χ0) is 14.4. The van der Waals surface area contributed by atoms with Gasteiger partial charge in [-0.05, 0) is 24.1 Å². The Morgan fingerprint density at radius 3 is 2.60 bits per heavy atom. The molecular weight excluding hydrogens is 252 g/mol. The molecule has 2 aromatic rings. The molecule has 0 saturated heterocycles. The van der Waals surface area contributed by atoms with E-state index in [1.165, 1.54) is 0 Å². The minimum Gasteiger partial charge on any atom is -0.397 e. The number of nitrogen functional groups attached to an aromatic ring is 1. The molecule has 20 heavy (non-hydrogen) atoms. The molecule has 0 unspecified atom stereocenters. The zero-order valence-electron chi connectivity index (χ0n) is 11.4. The van der Waals surface area contributed by atoms with Gasteiger partial charge in [-0.1, -0.05) is 42.5 Å². The summed E-state index contributed by atoms with van der Waals surface area (Å²) >= 11 is 0. The number of nitrogens with one attached hydrogen (secondary N) is 1. The molecule has 2 rings (SSSR count). The van der Waals surface area contributed by atoms with E-state index >= 15 is 0 Å². The van der Waals surface area contributed by atoms with Crippen LogP contribution in [-0.4, -0.2) is 12.5 Å². The lowest BCUT2D eigenvalue weighted by atomic mass is 10.1. The largest absolute Gasteiger partial charge is 0.397 e. The van der Waals surface area contributed by atoms with Crippen LogP contribution in [0.5, 0.6) is 0 Å². The number of hydrogen-bond acceptors (Lipinski definition) is 3. The van der Waals surface area contributed by atoms with Crippen LogP contribution in [0.3, 0.4) is 0 Å². The summed E-state index contributed by atoms with van der Waals surface area (Å²) < 4.78 is 5.38. The van der Waals surface area contributed by atoms with Crippen molar-refractivity contribution in [2.75, 3.05) is 17.7 Å². The van der Waals surface area contributed by atoms with Crippen LogP contribution in [0.4, 0.5) is 11.4 Å². The first kappa shape index (κ1) is 14.1. The van der Waals surface area contributed by atoms with Crippen molar-refractivity contribution < 1.29 is 9.53 Å². The maximum atomic E-state index is 11.8. The third-order valence-electron chi connectivity index (χ3n) is 2.91. The monoisotopic (exact) mass is 270 g/mol. The van der Waals surface area contributed by atoms with Gasteiger partial charge in [0, 0.05) is 0 Å². The van der Waals surface area contributed by atoms with Crippen LogP contribution in [0.2, 0.25) is 0 Å². The van der Waals surface area contributed by atoms with E-state index in [1.54, 1.807) is 6.07 Å². The van der Waals surface area contributed by atoms with Gasteiger partial charge in [0.1, 0.15) is 6.61 Å². The first-order chi connectivity index (χ1) is 9.66. The minimum absolute atomic E-state index is 0.00265. The lowest BCUT2D eigenvalue weighted by Crippen LogP contribution is -2.19. The SMILES string of the molecule is Cc1cccc(N)c1NC(=O)COCc1ccccc1. The molecule has 0 aromatic heterocycles. The van der Waals surface area contributed by atoms with E-state index in [1.807, 2.05) is 49.4 Å². The van der Waals surface area contributed by atoms with Gasteiger partial charge in [0.2, 0.25) is 5.91 Å². The van der Waals surface area contributed by atoms with Gasteiger partial charge in [0.15, 0.2) is 0 Å². The van der Waals surface area contributed by atoms with Crippen molar-refractivity contribution in [2.24, 2.45) is 0 Å². The van der Waals surface area contributed by atoms with Crippen molar-refractivity contribution in [3.8, 4) is 0 Å². The van der Waals surface area contributed by atoms with E-state index in [2.05, 4.69) is 5.32 Å². The number of para-hydroxylation sites is 1. The van der Waals surface area contributed by atoms with Gasteiger partial charge in [-0.3, -0.25) is 4.79 Å². The van der Waals surface area contributed by atoms with Gasteiger partial charge in [-0.2, -0.15) is 0 Å². The van der Waals surface area contributed by atoms with E-state index in [-0.39, 0.29) is 12.5 Å². The predicted octanol–water partition coefficient (Wildman–Crippen LogP) is 2.73. The number of aryl methyl sites for hydroxylation is 1. The number of amides is 1. The highest BCUT2D eigenvalue weighted by Crippen LogP contribution is 2.22. The Bertz CT molecular complexity index is 562. The Balaban J connectivity index is 1.84. The number of carbonyl (C=O) groups is 1. The van der Waals surface area contributed by atoms with E-state index in [0.29, 0.717) is 18.0 Å². The van der Waals surface area contributed by atoms with Crippen molar-refractivity contribution >= 4 is 17.3 Å². The third kappa shape index (κ3) is 3.83. The second-order valence-electron chi connectivity index (χ2n) is 4.57. The van der Waals surface area contributed by atoms with E-state index in [4.69, 9.17) is 10.5 Å². The van der Waals surface area contributed by atoms with Gasteiger partial charge < -0.3 is 15.8 Å². The van der Waals surface area contributed by atoms with Gasteiger partial charge in [-0.15, -0.1) is 0 Å². The molecule has 0 aliphatic carbocycles. The molecule has 0 saturated carbocycles. The smallest absolute Gasteiger partial charge is 0.250 e. The van der Waals surface area contributed by atoms with E-state index in [0.717, 1.165) is 11.1 Å². The van der Waals surface area contributed by atoms with Crippen LogP contribution in [0.1, 0.15) is 11.1 Å². The van der Waals surface area contributed by atoms with Crippen LogP contribution in [0.15, 0.2) is 48.5 Å². The molecule has 2 aromatic carbocycles. The fraction of sp³-hybridized carbons (Fsp3) is 0.188. The zero-order valence-corrected chi connectivity index (χ0v) is 11.4. The van der Waals surface area contributed by atoms with Crippen molar-refractivity contribution in [1.29, 1.82) is 0 Å². The molecule has 1 amide bonds. The third-order valence-corrected chi connectivity index (χ3v) is 2.91. The fourth-order valence-corrected chi connectivity index (χ4v) is 1.87. The molecule has 0 heterocycles. The average Bonchev–Trinajstić information content (AvgIpc) is 2.44. The topological polar surface area (TPSA) is 64.3 Å². The summed E-state index contributed by atoms with van der Waals surface area (Å²) in [6.07, 6.45) is 0. The molecule has 0 fully saturated rings. The minimum atomic E-state index is -0.207. The number of benzene rings is 2. The summed E-state index contributed by atoms with van der Waals surface area (Å²) in [6.45, 7) is 2.32. The number of carbonyl (C=O) groups excluding carboxylic acids is 1. The Kier molecular flexibility index (Phi) is 4.74. The normalized spacial score (nSPS) is 10.2. The van der Waals surface area contributed by atoms with Gasteiger partial charge in [0.05, 0.1) is 18.0 Å². The molecular formula is C16H18N2O2. The average molecular weight is 270 g/mol. The van der Waals surface area contributed by atoms with Crippen LogP contribution in [0, 0.1) is 6.92 Å². The number of nitrogens with two attached hydrogens (primary N) is 1. The molecule has 0 atom stereocenters. The van der Waals surface area contributed by atoms with E-state index < -0.39 is 0 Å². The quantitative estimate of drug-likeness (QED) is 0.821. The first-order valence-electron chi connectivity index (χ1n) is 6.43. The molecule has 4 nitrogen and oxygen atoms in total. The Morgan fingerprint density at radius 1 is 1.15 bits per heavy atom. The van der Waals surface area contributed by atoms with Crippen molar-refractivity contribution in [3.63, 3.8) is 0 Å². The summed E-state index contributed by atoms with van der Waals surface area (Å²) in [7, 11) is 0. The summed E-state index contributed by atoms with van der Waals surface area (Å²) in [5, 5.41) is 2.78. The van der Waals surface area contributed by atoms with E-state index in [9.17, 15) is 4.79 Å². The first-order valence-corrected chi connectivity index (χ1v) is 6.43. The second-order valence-corrected chi connectivity index (χ2v) is 4.57.